The molecule has 1 fully saturated rings. The molecular weight excluding hydrogens is 172 g/mol. The molecule has 0 unspecified atom stereocenters. The summed E-state index contributed by atoms with van der Waals surface area (Å²) in [7, 11) is 0. The van der Waals surface area contributed by atoms with Crippen molar-refractivity contribution in [2.75, 3.05) is 0 Å². The molecule has 2 aliphatic carbocycles. The van der Waals surface area contributed by atoms with Crippen molar-refractivity contribution in [2.45, 2.75) is 52.9 Å². The molecule has 14 heavy (non-hydrogen) atoms. The number of ketones is 1. The summed E-state index contributed by atoms with van der Waals surface area (Å²) in [6, 6.07) is 0. The van der Waals surface area contributed by atoms with Crippen LogP contribution < -0.4 is 0 Å². The minimum Gasteiger partial charge on any atom is -0.299 e. The van der Waals surface area contributed by atoms with Crippen LogP contribution in [0, 0.1) is 11.3 Å². The van der Waals surface area contributed by atoms with Crippen molar-refractivity contribution in [1.82, 2.24) is 0 Å². The largest absolute Gasteiger partial charge is 0.299 e. The Bertz CT molecular complexity index is 300. The molecule has 0 heterocycles. The van der Waals surface area contributed by atoms with Crippen LogP contribution in [0.25, 0.3) is 0 Å². The van der Waals surface area contributed by atoms with Crippen LogP contribution in [0.15, 0.2) is 11.1 Å². The molecule has 0 amide bonds. The van der Waals surface area contributed by atoms with E-state index in [1.165, 1.54) is 17.6 Å². The topological polar surface area (TPSA) is 17.1 Å². The lowest BCUT2D eigenvalue weighted by Gasteiger charge is -2.44. The number of carbonyl (C=O) groups is 1. The van der Waals surface area contributed by atoms with Crippen LogP contribution in [0.2, 0.25) is 0 Å². The normalized spacial score (nSPS) is 38.5. The molecule has 1 saturated carbocycles. The molecule has 0 N–H and O–H groups in total. The average Bonchev–Trinajstić information content (AvgIpc) is 2.09. The van der Waals surface area contributed by atoms with E-state index in [1.54, 1.807) is 0 Å². The Morgan fingerprint density at radius 1 is 1.29 bits per heavy atom. The summed E-state index contributed by atoms with van der Waals surface area (Å²) in [5.41, 5.74) is 3.28. The maximum Gasteiger partial charge on any atom is 0.136 e. The fraction of sp³-hybridized carbons (Fsp3) is 0.769. The van der Waals surface area contributed by atoms with Gasteiger partial charge in [-0.1, -0.05) is 18.1 Å². The monoisotopic (exact) mass is 192 g/mol. The quantitative estimate of drug-likeness (QED) is 0.537. The molecule has 0 spiro atoms. The fourth-order valence-corrected chi connectivity index (χ4v) is 3.21. The second-order valence-electron chi connectivity index (χ2n) is 5.47. The molecule has 0 aromatic rings. The van der Waals surface area contributed by atoms with E-state index >= 15 is 0 Å². The summed E-state index contributed by atoms with van der Waals surface area (Å²) >= 11 is 0. The summed E-state index contributed by atoms with van der Waals surface area (Å²) in [5, 5.41) is 0. The zero-order valence-corrected chi connectivity index (χ0v) is 9.52. The first-order valence-corrected chi connectivity index (χ1v) is 5.71. The number of carbonyl (C=O) groups excluding carboxylic acids is 1. The number of hydrogen-bond acceptors (Lipinski definition) is 1. The molecule has 78 valence electrons. The maximum atomic E-state index is 11.9. The van der Waals surface area contributed by atoms with Crippen molar-refractivity contribution in [3.8, 4) is 0 Å². The van der Waals surface area contributed by atoms with E-state index in [0.29, 0.717) is 17.1 Å². The minimum absolute atomic E-state index is 0.291. The highest BCUT2D eigenvalue weighted by atomic mass is 16.1. The fourth-order valence-electron chi connectivity index (χ4n) is 3.21. The predicted molar refractivity (Wildman–Crippen MR) is 58.1 cm³/mol. The lowest BCUT2D eigenvalue weighted by molar-refractivity contribution is -0.130. The van der Waals surface area contributed by atoms with Crippen LogP contribution in [0.1, 0.15) is 52.9 Å². The highest BCUT2D eigenvalue weighted by Gasteiger charge is 2.43. The highest BCUT2D eigenvalue weighted by molar-refractivity contribution is 5.83. The third-order valence-electron chi connectivity index (χ3n) is 4.31. The van der Waals surface area contributed by atoms with E-state index in [9.17, 15) is 4.79 Å². The van der Waals surface area contributed by atoms with Gasteiger partial charge in [0.15, 0.2) is 0 Å². The van der Waals surface area contributed by atoms with Gasteiger partial charge >= 0.3 is 0 Å². The Kier molecular flexibility index (Phi) is 2.29. The molecule has 0 aliphatic heterocycles. The number of hydrogen-bond donors (Lipinski definition) is 0. The summed E-state index contributed by atoms with van der Waals surface area (Å²) in [5.74, 6) is 0.852. The van der Waals surface area contributed by atoms with Gasteiger partial charge in [-0.05, 0) is 44.9 Å². The number of Topliss-reactive ketones (excluding diaryl/α,β-unsaturated/α-hetero) is 1. The zero-order chi connectivity index (χ0) is 10.3. The van der Waals surface area contributed by atoms with E-state index in [1.807, 2.05) is 0 Å². The van der Waals surface area contributed by atoms with Crippen LogP contribution in [0.5, 0.6) is 0 Å². The third-order valence-corrected chi connectivity index (χ3v) is 4.31. The Morgan fingerprint density at radius 2 is 2.00 bits per heavy atom. The van der Waals surface area contributed by atoms with Gasteiger partial charge in [-0.3, -0.25) is 4.79 Å². The van der Waals surface area contributed by atoms with Crippen molar-refractivity contribution in [3.63, 3.8) is 0 Å². The maximum absolute atomic E-state index is 11.9. The van der Waals surface area contributed by atoms with Gasteiger partial charge in [-0.15, -0.1) is 0 Å². The van der Waals surface area contributed by atoms with Crippen LogP contribution in [-0.2, 0) is 4.79 Å². The van der Waals surface area contributed by atoms with E-state index < -0.39 is 0 Å². The van der Waals surface area contributed by atoms with E-state index in [0.717, 1.165) is 25.7 Å². The molecule has 0 aromatic carbocycles. The second-order valence-corrected chi connectivity index (χ2v) is 5.47. The first-order valence-electron chi connectivity index (χ1n) is 5.71. The summed E-state index contributed by atoms with van der Waals surface area (Å²) in [4.78, 5) is 11.9. The van der Waals surface area contributed by atoms with Crippen molar-refractivity contribution < 1.29 is 4.79 Å². The van der Waals surface area contributed by atoms with Crippen LogP contribution >= 0.6 is 0 Å². The lowest BCUT2D eigenvalue weighted by Crippen LogP contribution is -2.40. The van der Waals surface area contributed by atoms with Gasteiger partial charge in [0.05, 0.1) is 0 Å². The molecule has 2 aliphatic rings. The molecule has 1 nitrogen and oxygen atoms in total. The van der Waals surface area contributed by atoms with Gasteiger partial charge in [0.25, 0.3) is 0 Å². The molecule has 0 bridgehead atoms. The van der Waals surface area contributed by atoms with Crippen molar-refractivity contribution in [2.24, 2.45) is 11.3 Å². The molecule has 2 atom stereocenters. The number of allylic oxidation sites excluding steroid dienone is 2. The molecule has 1 heteroatoms. The van der Waals surface area contributed by atoms with E-state index in [-0.39, 0.29) is 0 Å². The summed E-state index contributed by atoms with van der Waals surface area (Å²) in [6.07, 6.45) is 5.36. The highest BCUT2D eigenvalue weighted by Crippen LogP contribution is 2.50. The average molecular weight is 192 g/mol. The van der Waals surface area contributed by atoms with Gasteiger partial charge < -0.3 is 0 Å². The SMILES string of the molecule is CC1=C(C)C[C@@]2(C)CCCC(=O)[C@@H]2C1. The van der Waals surface area contributed by atoms with Crippen LogP contribution in [-0.4, -0.2) is 5.78 Å². The van der Waals surface area contributed by atoms with E-state index in [4.69, 9.17) is 0 Å². The summed E-state index contributed by atoms with van der Waals surface area (Å²) in [6.45, 7) is 6.73. The Balaban J connectivity index is 2.32. The number of fused-ring (bicyclic) bond motifs is 1. The molecule has 0 saturated heterocycles. The standard InChI is InChI=1S/C13H20O/c1-9-7-11-12(14)5-4-6-13(11,3)8-10(9)2/h11H,4-8H2,1-3H3/t11-,13+/m0/s1. The van der Waals surface area contributed by atoms with Gasteiger partial charge in [0.1, 0.15) is 5.78 Å². The van der Waals surface area contributed by atoms with Gasteiger partial charge in [0.2, 0.25) is 0 Å². The van der Waals surface area contributed by atoms with Gasteiger partial charge in [0, 0.05) is 12.3 Å². The first kappa shape index (κ1) is 9.95. The van der Waals surface area contributed by atoms with Crippen molar-refractivity contribution >= 4 is 5.78 Å². The number of rotatable bonds is 0. The Morgan fingerprint density at radius 3 is 2.71 bits per heavy atom. The second kappa shape index (κ2) is 3.22. The van der Waals surface area contributed by atoms with E-state index in [2.05, 4.69) is 20.8 Å². The molecule has 2 rings (SSSR count). The third kappa shape index (κ3) is 1.43. The minimum atomic E-state index is 0.291. The van der Waals surface area contributed by atoms with Gasteiger partial charge in [-0.2, -0.15) is 0 Å². The molecule has 0 radical (unpaired) electrons. The molecular formula is C13H20O. The van der Waals surface area contributed by atoms with Crippen molar-refractivity contribution in [3.05, 3.63) is 11.1 Å². The lowest BCUT2D eigenvalue weighted by atomic mass is 9.59. The van der Waals surface area contributed by atoms with Crippen molar-refractivity contribution in [1.29, 1.82) is 0 Å². The zero-order valence-electron chi connectivity index (χ0n) is 9.52. The Hall–Kier alpha value is -0.590. The van der Waals surface area contributed by atoms with Crippen LogP contribution in [0.3, 0.4) is 0 Å². The molecule has 0 aromatic heterocycles. The summed E-state index contributed by atoms with van der Waals surface area (Å²) < 4.78 is 0. The first-order chi connectivity index (χ1) is 6.53. The van der Waals surface area contributed by atoms with Gasteiger partial charge in [-0.25, -0.2) is 0 Å². The smallest absolute Gasteiger partial charge is 0.136 e. The predicted octanol–water partition coefficient (Wildman–Crippen LogP) is 3.49. The Labute approximate surface area is 86.6 Å². The van der Waals surface area contributed by atoms with Crippen LogP contribution in [0.4, 0.5) is 0 Å².